The number of carbonyl (C=O) groups excluding carboxylic acids is 2. The summed E-state index contributed by atoms with van der Waals surface area (Å²) in [6.45, 7) is 5.73. The zero-order valence-electron chi connectivity index (χ0n) is 16.9. The van der Waals surface area contributed by atoms with Crippen LogP contribution in [0.5, 0.6) is 11.5 Å². The zero-order valence-corrected chi connectivity index (χ0v) is 16.9. The van der Waals surface area contributed by atoms with Crippen molar-refractivity contribution in [2.75, 3.05) is 19.5 Å². The number of hydrogen-bond donors (Lipinski definition) is 1. The molecule has 0 bridgehead atoms. The van der Waals surface area contributed by atoms with Crippen LogP contribution < -0.4 is 14.8 Å². The van der Waals surface area contributed by atoms with E-state index in [4.69, 9.17) is 14.2 Å². The van der Waals surface area contributed by atoms with Gasteiger partial charge in [0.2, 0.25) is 0 Å². The first-order valence-electron chi connectivity index (χ1n) is 9.24. The number of para-hydroxylation sites is 2. The van der Waals surface area contributed by atoms with Gasteiger partial charge >= 0.3 is 5.97 Å². The predicted octanol–water partition coefficient (Wildman–Crippen LogP) is 4.40. The summed E-state index contributed by atoms with van der Waals surface area (Å²) in [5, 5.41) is 2.86. The topological polar surface area (TPSA) is 73.9 Å². The smallest absolute Gasteiger partial charge is 0.342 e. The molecule has 0 heterocycles. The second kappa shape index (κ2) is 9.78. The molecule has 0 aliphatic rings. The van der Waals surface area contributed by atoms with Crippen LogP contribution in [-0.4, -0.2) is 32.2 Å². The number of hydrogen-bond acceptors (Lipinski definition) is 5. The molecule has 0 fully saturated rings. The normalized spacial score (nSPS) is 12.6. The standard InChI is InChI=1S/C22H27NO5/c1-6-14(2)16-10-7-8-12-18(16)23-21(24)15(3)28-22(25)17-11-9-13-19(26-4)20(17)27-5/h7-15H,6H2,1-5H3,(H,23,24). The van der Waals surface area contributed by atoms with E-state index >= 15 is 0 Å². The fraction of sp³-hybridized carbons (Fsp3) is 0.364. The minimum atomic E-state index is -0.978. The van der Waals surface area contributed by atoms with Gasteiger partial charge < -0.3 is 19.5 Å². The molecule has 2 atom stereocenters. The number of methoxy groups -OCH3 is 2. The van der Waals surface area contributed by atoms with Gasteiger partial charge in [0.25, 0.3) is 5.91 Å². The lowest BCUT2D eigenvalue weighted by Crippen LogP contribution is -2.30. The van der Waals surface area contributed by atoms with Gasteiger partial charge in [0.05, 0.1) is 14.2 Å². The average molecular weight is 385 g/mol. The maximum Gasteiger partial charge on any atom is 0.342 e. The molecule has 1 N–H and O–H groups in total. The van der Waals surface area contributed by atoms with Crippen LogP contribution >= 0.6 is 0 Å². The summed E-state index contributed by atoms with van der Waals surface area (Å²) in [6, 6.07) is 12.5. The monoisotopic (exact) mass is 385 g/mol. The van der Waals surface area contributed by atoms with E-state index in [9.17, 15) is 9.59 Å². The second-order valence-corrected chi connectivity index (χ2v) is 6.47. The molecule has 0 aliphatic carbocycles. The van der Waals surface area contributed by atoms with E-state index < -0.39 is 18.0 Å². The lowest BCUT2D eigenvalue weighted by Gasteiger charge is -2.18. The third-order valence-electron chi connectivity index (χ3n) is 4.64. The van der Waals surface area contributed by atoms with E-state index in [0.29, 0.717) is 11.7 Å². The fourth-order valence-corrected chi connectivity index (χ4v) is 2.82. The number of benzene rings is 2. The summed E-state index contributed by atoms with van der Waals surface area (Å²) < 4.78 is 15.8. The first-order chi connectivity index (χ1) is 13.4. The van der Waals surface area contributed by atoms with Crippen molar-refractivity contribution in [3.05, 3.63) is 53.6 Å². The third-order valence-corrected chi connectivity index (χ3v) is 4.64. The number of esters is 1. The van der Waals surface area contributed by atoms with E-state index in [2.05, 4.69) is 19.2 Å². The molecule has 0 aromatic heterocycles. The van der Waals surface area contributed by atoms with Gasteiger partial charge in [-0.05, 0) is 43.0 Å². The van der Waals surface area contributed by atoms with Crippen molar-refractivity contribution in [3.8, 4) is 11.5 Å². The van der Waals surface area contributed by atoms with Crippen molar-refractivity contribution in [1.82, 2.24) is 0 Å². The Labute approximate surface area is 165 Å². The Kier molecular flexibility index (Phi) is 7.44. The lowest BCUT2D eigenvalue weighted by atomic mass is 9.97. The molecule has 0 saturated carbocycles. The van der Waals surface area contributed by atoms with E-state index in [-0.39, 0.29) is 11.3 Å². The number of anilines is 1. The Morgan fingerprint density at radius 1 is 1.00 bits per heavy atom. The molecule has 0 aliphatic heterocycles. The highest BCUT2D eigenvalue weighted by Gasteiger charge is 2.24. The molecule has 2 unspecified atom stereocenters. The molecular weight excluding hydrogens is 358 g/mol. The maximum absolute atomic E-state index is 12.6. The predicted molar refractivity (Wildman–Crippen MR) is 108 cm³/mol. The lowest BCUT2D eigenvalue weighted by molar-refractivity contribution is -0.123. The van der Waals surface area contributed by atoms with Gasteiger partial charge in [-0.1, -0.05) is 38.1 Å². The first kappa shape index (κ1) is 21.3. The minimum absolute atomic E-state index is 0.196. The molecule has 2 rings (SSSR count). The maximum atomic E-state index is 12.6. The highest BCUT2D eigenvalue weighted by atomic mass is 16.6. The number of rotatable bonds is 8. The largest absolute Gasteiger partial charge is 0.493 e. The summed E-state index contributed by atoms with van der Waals surface area (Å²) >= 11 is 0. The van der Waals surface area contributed by atoms with Crippen LogP contribution in [0.2, 0.25) is 0 Å². The molecular formula is C22H27NO5. The van der Waals surface area contributed by atoms with Crippen LogP contribution in [0.25, 0.3) is 0 Å². The molecule has 2 aromatic rings. The molecule has 28 heavy (non-hydrogen) atoms. The van der Waals surface area contributed by atoms with Crippen LogP contribution in [0.3, 0.4) is 0 Å². The third kappa shape index (κ3) is 4.82. The average Bonchev–Trinajstić information content (AvgIpc) is 2.72. The van der Waals surface area contributed by atoms with Gasteiger partial charge in [0, 0.05) is 5.69 Å². The van der Waals surface area contributed by atoms with E-state index in [0.717, 1.165) is 17.7 Å². The quantitative estimate of drug-likeness (QED) is 0.682. The van der Waals surface area contributed by atoms with Crippen LogP contribution in [0.1, 0.15) is 49.0 Å². The van der Waals surface area contributed by atoms with Crippen molar-refractivity contribution < 1.29 is 23.8 Å². The van der Waals surface area contributed by atoms with Gasteiger partial charge in [0.15, 0.2) is 17.6 Å². The Morgan fingerprint density at radius 3 is 2.36 bits per heavy atom. The summed E-state index contributed by atoms with van der Waals surface area (Å²) in [5.41, 5.74) is 1.97. The van der Waals surface area contributed by atoms with Crippen LogP contribution in [0.4, 0.5) is 5.69 Å². The number of nitrogens with one attached hydrogen (secondary N) is 1. The number of carbonyl (C=O) groups is 2. The Hall–Kier alpha value is -3.02. The van der Waals surface area contributed by atoms with Gasteiger partial charge in [-0.25, -0.2) is 4.79 Å². The Morgan fingerprint density at radius 2 is 1.71 bits per heavy atom. The van der Waals surface area contributed by atoms with Crippen LogP contribution in [0.15, 0.2) is 42.5 Å². The number of ether oxygens (including phenoxy) is 3. The fourth-order valence-electron chi connectivity index (χ4n) is 2.82. The zero-order chi connectivity index (χ0) is 20.7. The molecule has 6 heteroatoms. The Bertz CT molecular complexity index is 833. The van der Waals surface area contributed by atoms with E-state index in [1.54, 1.807) is 18.2 Å². The summed E-state index contributed by atoms with van der Waals surface area (Å²) in [7, 11) is 2.92. The van der Waals surface area contributed by atoms with E-state index in [1.807, 2.05) is 24.3 Å². The highest BCUT2D eigenvalue weighted by Crippen LogP contribution is 2.31. The molecule has 2 aromatic carbocycles. The molecule has 0 saturated heterocycles. The summed E-state index contributed by atoms with van der Waals surface area (Å²) in [6.07, 6.45) is -0.0269. The number of amides is 1. The molecule has 1 amide bonds. The van der Waals surface area contributed by atoms with E-state index in [1.165, 1.54) is 21.1 Å². The van der Waals surface area contributed by atoms with Crippen molar-refractivity contribution in [3.63, 3.8) is 0 Å². The molecule has 0 spiro atoms. The van der Waals surface area contributed by atoms with Crippen LogP contribution in [0, 0.1) is 0 Å². The van der Waals surface area contributed by atoms with Gasteiger partial charge in [-0.3, -0.25) is 4.79 Å². The van der Waals surface area contributed by atoms with Gasteiger partial charge in [-0.15, -0.1) is 0 Å². The van der Waals surface area contributed by atoms with Crippen molar-refractivity contribution in [2.24, 2.45) is 0 Å². The minimum Gasteiger partial charge on any atom is -0.493 e. The van der Waals surface area contributed by atoms with Gasteiger partial charge in [-0.2, -0.15) is 0 Å². The van der Waals surface area contributed by atoms with Crippen molar-refractivity contribution in [2.45, 2.75) is 39.2 Å². The Balaban J connectivity index is 2.13. The van der Waals surface area contributed by atoms with Gasteiger partial charge in [0.1, 0.15) is 5.56 Å². The van der Waals surface area contributed by atoms with Crippen molar-refractivity contribution >= 4 is 17.6 Å². The molecule has 150 valence electrons. The molecule has 6 nitrogen and oxygen atoms in total. The molecule has 0 radical (unpaired) electrons. The van der Waals surface area contributed by atoms with Crippen molar-refractivity contribution in [1.29, 1.82) is 0 Å². The SMILES string of the molecule is CCC(C)c1ccccc1NC(=O)C(C)OC(=O)c1cccc(OC)c1OC. The highest BCUT2D eigenvalue weighted by molar-refractivity contribution is 5.99. The second-order valence-electron chi connectivity index (χ2n) is 6.47. The summed E-state index contributed by atoms with van der Waals surface area (Å²) in [5.74, 6) is -0.0729. The summed E-state index contributed by atoms with van der Waals surface area (Å²) in [4.78, 5) is 25.1. The van der Waals surface area contributed by atoms with Crippen LogP contribution in [-0.2, 0) is 9.53 Å². The first-order valence-corrected chi connectivity index (χ1v) is 9.24.